The number of nitrogens with one attached hydrogen (secondary N) is 1. The van der Waals surface area contributed by atoms with E-state index in [0.29, 0.717) is 13.2 Å². The van der Waals surface area contributed by atoms with Gasteiger partial charge in [0, 0.05) is 24.8 Å². The molecule has 2 fully saturated rings. The smallest absolute Gasteiger partial charge is 0.133 e. The highest BCUT2D eigenvalue weighted by Gasteiger charge is 2.21. The summed E-state index contributed by atoms with van der Waals surface area (Å²) in [7, 11) is 0. The Morgan fingerprint density at radius 1 is 1.33 bits per heavy atom. The van der Waals surface area contributed by atoms with Gasteiger partial charge in [0.2, 0.25) is 0 Å². The molecule has 2 heterocycles. The van der Waals surface area contributed by atoms with Crippen molar-refractivity contribution in [3.8, 4) is 0 Å². The molecular formula is C14H21NO3. The van der Waals surface area contributed by atoms with Crippen LogP contribution in [0, 0.1) is 0 Å². The van der Waals surface area contributed by atoms with E-state index in [4.69, 9.17) is 13.9 Å². The number of hydrogen-bond donors (Lipinski definition) is 1. The molecule has 0 radical (unpaired) electrons. The first-order valence-electron chi connectivity index (χ1n) is 6.90. The molecule has 1 aliphatic carbocycles. The van der Waals surface area contributed by atoms with E-state index in [-0.39, 0.29) is 6.10 Å². The lowest BCUT2D eigenvalue weighted by atomic mass is 10.2. The number of hydrogen-bond acceptors (Lipinski definition) is 4. The number of furan rings is 1. The van der Waals surface area contributed by atoms with Crippen LogP contribution in [0.5, 0.6) is 0 Å². The van der Waals surface area contributed by atoms with Crippen LogP contribution in [0.2, 0.25) is 0 Å². The number of ether oxygens (including phenoxy) is 2. The van der Waals surface area contributed by atoms with Gasteiger partial charge in [-0.3, -0.25) is 0 Å². The molecule has 0 amide bonds. The van der Waals surface area contributed by atoms with E-state index >= 15 is 0 Å². The second-order valence-corrected chi connectivity index (χ2v) is 5.17. The molecule has 3 rings (SSSR count). The predicted molar refractivity (Wildman–Crippen MR) is 67.2 cm³/mol. The Kier molecular flexibility index (Phi) is 3.98. The summed E-state index contributed by atoms with van der Waals surface area (Å²) in [5.74, 6) is 0.946. The lowest BCUT2D eigenvalue weighted by Gasteiger charge is -2.10. The highest BCUT2D eigenvalue weighted by atomic mass is 16.5. The lowest BCUT2D eigenvalue weighted by molar-refractivity contribution is 0.00553. The van der Waals surface area contributed by atoms with Crippen LogP contribution in [0.1, 0.15) is 37.0 Å². The first-order valence-corrected chi connectivity index (χ1v) is 6.90. The summed E-state index contributed by atoms with van der Waals surface area (Å²) in [6, 6.07) is 2.75. The van der Waals surface area contributed by atoms with Crippen LogP contribution in [0.15, 0.2) is 16.7 Å². The largest absolute Gasteiger partial charge is 0.467 e. The summed E-state index contributed by atoms with van der Waals surface area (Å²) < 4.78 is 16.7. The van der Waals surface area contributed by atoms with Gasteiger partial charge in [0.05, 0.1) is 19.0 Å². The van der Waals surface area contributed by atoms with Crippen LogP contribution in [0.4, 0.5) is 0 Å². The van der Waals surface area contributed by atoms with Crippen molar-refractivity contribution in [2.24, 2.45) is 0 Å². The van der Waals surface area contributed by atoms with E-state index in [1.165, 1.54) is 18.4 Å². The Balaban J connectivity index is 1.41. The van der Waals surface area contributed by atoms with Crippen molar-refractivity contribution in [1.82, 2.24) is 5.32 Å². The first-order chi connectivity index (χ1) is 8.92. The van der Waals surface area contributed by atoms with Crippen molar-refractivity contribution in [2.75, 3.05) is 13.2 Å². The molecule has 1 N–H and O–H groups in total. The van der Waals surface area contributed by atoms with Crippen molar-refractivity contribution in [3.63, 3.8) is 0 Å². The quantitative estimate of drug-likeness (QED) is 0.807. The molecular weight excluding hydrogens is 230 g/mol. The summed E-state index contributed by atoms with van der Waals surface area (Å²) >= 11 is 0. The fourth-order valence-electron chi connectivity index (χ4n) is 2.25. The van der Waals surface area contributed by atoms with Gasteiger partial charge in [-0.05, 0) is 31.7 Å². The molecule has 1 saturated heterocycles. The summed E-state index contributed by atoms with van der Waals surface area (Å²) in [4.78, 5) is 0. The Hall–Kier alpha value is -0.840. The predicted octanol–water partition coefficient (Wildman–Crippen LogP) is 2.23. The molecule has 18 heavy (non-hydrogen) atoms. The van der Waals surface area contributed by atoms with Crippen molar-refractivity contribution in [1.29, 1.82) is 0 Å². The summed E-state index contributed by atoms with van der Waals surface area (Å²) in [5, 5.41) is 3.49. The molecule has 0 spiro atoms. The second-order valence-electron chi connectivity index (χ2n) is 5.17. The van der Waals surface area contributed by atoms with Crippen molar-refractivity contribution < 1.29 is 13.9 Å². The van der Waals surface area contributed by atoms with E-state index < -0.39 is 0 Å². The SMILES string of the molecule is c1cc(CNC2CC2)c(COCC2CCCO2)o1. The van der Waals surface area contributed by atoms with E-state index in [2.05, 4.69) is 5.32 Å². The highest BCUT2D eigenvalue weighted by molar-refractivity contribution is 5.16. The van der Waals surface area contributed by atoms with E-state index in [0.717, 1.165) is 37.8 Å². The maximum atomic E-state index is 5.68. The van der Waals surface area contributed by atoms with Gasteiger partial charge in [0.1, 0.15) is 12.4 Å². The van der Waals surface area contributed by atoms with E-state index in [1.54, 1.807) is 6.26 Å². The van der Waals surface area contributed by atoms with Gasteiger partial charge in [-0.15, -0.1) is 0 Å². The molecule has 2 aliphatic rings. The average Bonchev–Trinajstić information content (AvgIpc) is 2.89. The van der Waals surface area contributed by atoms with E-state index in [1.807, 2.05) is 6.07 Å². The molecule has 0 aromatic carbocycles. The summed E-state index contributed by atoms with van der Waals surface area (Å²) in [5.41, 5.74) is 1.22. The molecule has 1 aliphatic heterocycles. The molecule has 4 nitrogen and oxygen atoms in total. The Bertz CT molecular complexity index is 367. The topological polar surface area (TPSA) is 43.6 Å². The third-order valence-corrected chi connectivity index (χ3v) is 3.56. The number of rotatable bonds is 7. The normalized spacial score (nSPS) is 23.7. The molecule has 1 aromatic heterocycles. The minimum Gasteiger partial charge on any atom is -0.467 e. The molecule has 1 atom stereocenters. The first kappa shape index (κ1) is 12.2. The van der Waals surface area contributed by atoms with Gasteiger partial charge >= 0.3 is 0 Å². The fraction of sp³-hybridized carbons (Fsp3) is 0.714. The van der Waals surface area contributed by atoms with Crippen molar-refractivity contribution in [3.05, 3.63) is 23.7 Å². The monoisotopic (exact) mass is 251 g/mol. The molecule has 4 heteroatoms. The van der Waals surface area contributed by atoms with Gasteiger partial charge in [-0.1, -0.05) is 0 Å². The van der Waals surface area contributed by atoms with Gasteiger partial charge in [0.25, 0.3) is 0 Å². The summed E-state index contributed by atoms with van der Waals surface area (Å²) in [6.45, 7) is 3.00. The zero-order chi connectivity index (χ0) is 12.2. The van der Waals surface area contributed by atoms with Crippen LogP contribution in [-0.4, -0.2) is 25.4 Å². The van der Waals surface area contributed by atoms with Crippen LogP contribution >= 0.6 is 0 Å². The minimum atomic E-state index is 0.285. The van der Waals surface area contributed by atoms with Crippen molar-refractivity contribution >= 4 is 0 Å². The molecule has 1 unspecified atom stereocenters. The summed E-state index contributed by atoms with van der Waals surface area (Å²) in [6.07, 6.45) is 6.92. The standard InChI is InChI=1S/C14H21NO3/c1-2-13(17-6-1)9-16-10-14-11(5-7-18-14)8-15-12-3-4-12/h5,7,12-13,15H,1-4,6,8-10H2. The molecule has 1 saturated carbocycles. The Morgan fingerprint density at radius 2 is 2.28 bits per heavy atom. The maximum Gasteiger partial charge on any atom is 0.133 e. The zero-order valence-corrected chi connectivity index (χ0v) is 10.7. The van der Waals surface area contributed by atoms with Gasteiger partial charge in [-0.25, -0.2) is 0 Å². The van der Waals surface area contributed by atoms with Gasteiger partial charge in [-0.2, -0.15) is 0 Å². The van der Waals surface area contributed by atoms with Gasteiger partial charge in [0.15, 0.2) is 0 Å². The van der Waals surface area contributed by atoms with Crippen LogP contribution in [0.25, 0.3) is 0 Å². The zero-order valence-electron chi connectivity index (χ0n) is 10.7. The van der Waals surface area contributed by atoms with Crippen LogP contribution in [-0.2, 0) is 22.6 Å². The molecule has 0 bridgehead atoms. The minimum absolute atomic E-state index is 0.285. The fourth-order valence-corrected chi connectivity index (χ4v) is 2.25. The van der Waals surface area contributed by atoms with Gasteiger partial charge < -0.3 is 19.2 Å². The molecule has 1 aromatic rings. The van der Waals surface area contributed by atoms with Crippen molar-refractivity contribution in [2.45, 2.75) is 51.0 Å². The third-order valence-electron chi connectivity index (χ3n) is 3.56. The van der Waals surface area contributed by atoms with Crippen LogP contribution in [0.3, 0.4) is 0 Å². The van der Waals surface area contributed by atoms with E-state index in [9.17, 15) is 0 Å². The highest BCUT2D eigenvalue weighted by Crippen LogP contribution is 2.21. The average molecular weight is 251 g/mol. The maximum absolute atomic E-state index is 5.68. The third kappa shape index (κ3) is 3.34. The molecule has 100 valence electrons. The Morgan fingerprint density at radius 3 is 3.06 bits per heavy atom. The second kappa shape index (κ2) is 5.87. The Labute approximate surface area is 108 Å². The lowest BCUT2D eigenvalue weighted by Crippen LogP contribution is -2.17. The van der Waals surface area contributed by atoms with Crippen LogP contribution < -0.4 is 5.32 Å².